The first-order valence-corrected chi connectivity index (χ1v) is 6.37. The fourth-order valence-corrected chi connectivity index (χ4v) is 2.13. The van der Waals surface area contributed by atoms with Gasteiger partial charge >= 0.3 is 6.18 Å². The summed E-state index contributed by atoms with van der Waals surface area (Å²) in [5.74, 6) is 0.0333. The number of alkyl halides is 3. The zero-order chi connectivity index (χ0) is 14.8. The van der Waals surface area contributed by atoms with Crippen LogP contribution >= 0.6 is 0 Å². The third kappa shape index (κ3) is 3.93. The van der Waals surface area contributed by atoms with Gasteiger partial charge in [0.2, 0.25) is 0 Å². The number of aliphatic hydroxyl groups excluding tert-OH is 1. The van der Waals surface area contributed by atoms with Gasteiger partial charge in [-0.15, -0.1) is 0 Å². The van der Waals surface area contributed by atoms with Crippen LogP contribution < -0.4 is 15.4 Å². The van der Waals surface area contributed by atoms with Gasteiger partial charge in [-0.3, -0.25) is 0 Å². The average molecular weight is 290 g/mol. The Morgan fingerprint density at radius 2 is 1.95 bits per heavy atom. The predicted molar refractivity (Wildman–Crippen MR) is 69.9 cm³/mol. The van der Waals surface area contributed by atoms with Crippen molar-refractivity contribution in [3.05, 3.63) is 18.2 Å². The first-order chi connectivity index (χ1) is 9.35. The molecule has 1 aliphatic rings. The largest absolute Gasteiger partial charge is 0.482 e. The van der Waals surface area contributed by atoms with Gasteiger partial charge in [-0.1, -0.05) is 0 Å². The molecular weight excluding hydrogens is 273 g/mol. The van der Waals surface area contributed by atoms with Crippen LogP contribution in [0.1, 0.15) is 12.8 Å². The summed E-state index contributed by atoms with van der Waals surface area (Å²) < 4.78 is 41.2. The van der Waals surface area contributed by atoms with Gasteiger partial charge in [0.25, 0.3) is 0 Å². The van der Waals surface area contributed by atoms with Crippen LogP contribution in [0.25, 0.3) is 0 Å². The topological polar surface area (TPSA) is 58.7 Å². The van der Waals surface area contributed by atoms with Gasteiger partial charge in [-0.05, 0) is 25.0 Å². The summed E-state index contributed by atoms with van der Waals surface area (Å²) in [7, 11) is 0. The van der Waals surface area contributed by atoms with E-state index in [0.29, 0.717) is 25.9 Å². The van der Waals surface area contributed by atoms with Crippen LogP contribution in [0.15, 0.2) is 18.2 Å². The molecule has 1 fully saturated rings. The minimum atomic E-state index is -4.39. The summed E-state index contributed by atoms with van der Waals surface area (Å²) in [6.07, 6.45) is -3.41. The molecule has 1 heterocycles. The molecule has 0 saturated carbocycles. The zero-order valence-electron chi connectivity index (χ0n) is 10.9. The Bertz CT molecular complexity index is 457. The van der Waals surface area contributed by atoms with E-state index in [9.17, 15) is 18.3 Å². The number of hydrogen-bond donors (Lipinski definition) is 2. The van der Waals surface area contributed by atoms with E-state index in [1.807, 2.05) is 4.90 Å². The van der Waals surface area contributed by atoms with E-state index in [0.717, 1.165) is 5.69 Å². The molecule has 20 heavy (non-hydrogen) atoms. The number of piperidine rings is 1. The van der Waals surface area contributed by atoms with Crippen molar-refractivity contribution in [2.45, 2.75) is 25.1 Å². The number of benzene rings is 1. The van der Waals surface area contributed by atoms with Crippen LogP contribution in [0.5, 0.6) is 5.75 Å². The lowest BCUT2D eigenvalue weighted by atomic mass is 10.1. The molecule has 1 aromatic carbocycles. The summed E-state index contributed by atoms with van der Waals surface area (Å²) in [6, 6.07) is 4.79. The molecule has 3 N–H and O–H groups in total. The summed E-state index contributed by atoms with van der Waals surface area (Å²) in [5.41, 5.74) is 6.55. The number of anilines is 2. The average Bonchev–Trinajstić information content (AvgIpc) is 2.38. The summed E-state index contributed by atoms with van der Waals surface area (Å²) in [5, 5.41) is 9.45. The number of hydrogen-bond acceptors (Lipinski definition) is 4. The van der Waals surface area contributed by atoms with E-state index in [1.54, 1.807) is 6.07 Å². The number of nitrogens with zero attached hydrogens (tertiary/aromatic N) is 1. The van der Waals surface area contributed by atoms with Crippen LogP contribution in [0, 0.1) is 0 Å². The highest BCUT2D eigenvalue weighted by Gasteiger charge is 2.29. The lowest BCUT2D eigenvalue weighted by molar-refractivity contribution is -0.153. The quantitative estimate of drug-likeness (QED) is 0.838. The molecule has 1 aliphatic heterocycles. The van der Waals surface area contributed by atoms with E-state index in [1.165, 1.54) is 12.1 Å². The predicted octanol–water partition coefficient (Wildman–Crippen LogP) is 2.17. The molecular formula is C13H17F3N2O2. The number of rotatable bonds is 3. The van der Waals surface area contributed by atoms with Crippen LogP contribution in [0.4, 0.5) is 24.5 Å². The van der Waals surface area contributed by atoms with E-state index in [-0.39, 0.29) is 17.5 Å². The smallest absolute Gasteiger partial charge is 0.422 e. The SMILES string of the molecule is Nc1ccc(N2CCC(O)CC2)cc1OCC(F)(F)F. The molecule has 0 atom stereocenters. The molecule has 0 unspecified atom stereocenters. The van der Waals surface area contributed by atoms with Crippen LogP contribution in [0.3, 0.4) is 0 Å². The van der Waals surface area contributed by atoms with Crippen molar-refractivity contribution in [1.82, 2.24) is 0 Å². The highest BCUT2D eigenvalue weighted by molar-refractivity contribution is 5.62. The van der Waals surface area contributed by atoms with Crippen molar-refractivity contribution < 1.29 is 23.0 Å². The number of ether oxygens (including phenoxy) is 1. The maximum Gasteiger partial charge on any atom is 0.422 e. The third-order valence-corrected chi connectivity index (χ3v) is 3.22. The second-order valence-corrected chi connectivity index (χ2v) is 4.84. The van der Waals surface area contributed by atoms with Crippen molar-refractivity contribution in [1.29, 1.82) is 0 Å². The molecule has 4 nitrogen and oxygen atoms in total. The Labute approximate surface area is 114 Å². The Morgan fingerprint density at radius 1 is 1.30 bits per heavy atom. The Hall–Kier alpha value is -1.63. The molecule has 0 radical (unpaired) electrons. The highest BCUT2D eigenvalue weighted by Crippen LogP contribution is 2.30. The fraction of sp³-hybridized carbons (Fsp3) is 0.538. The molecule has 1 aromatic rings. The number of nitrogens with two attached hydrogens (primary N) is 1. The van der Waals surface area contributed by atoms with Crippen LogP contribution in [-0.4, -0.2) is 37.1 Å². The van der Waals surface area contributed by atoms with Crippen molar-refractivity contribution in [3.63, 3.8) is 0 Å². The Morgan fingerprint density at radius 3 is 2.55 bits per heavy atom. The lowest BCUT2D eigenvalue weighted by Gasteiger charge is -2.31. The fourth-order valence-electron chi connectivity index (χ4n) is 2.13. The van der Waals surface area contributed by atoms with Gasteiger partial charge in [0.15, 0.2) is 6.61 Å². The van der Waals surface area contributed by atoms with E-state index < -0.39 is 12.8 Å². The van der Waals surface area contributed by atoms with Crippen molar-refractivity contribution >= 4 is 11.4 Å². The van der Waals surface area contributed by atoms with E-state index in [2.05, 4.69) is 0 Å². The second-order valence-electron chi connectivity index (χ2n) is 4.84. The van der Waals surface area contributed by atoms with Crippen molar-refractivity contribution in [2.24, 2.45) is 0 Å². The maximum atomic E-state index is 12.2. The third-order valence-electron chi connectivity index (χ3n) is 3.22. The van der Waals surface area contributed by atoms with Gasteiger partial charge in [-0.25, -0.2) is 0 Å². The molecule has 112 valence electrons. The summed E-state index contributed by atoms with van der Waals surface area (Å²) in [6.45, 7) is -0.0487. The van der Waals surface area contributed by atoms with Gasteiger partial charge < -0.3 is 20.5 Å². The van der Waals surface area contributed by atoms with Crippen LogP contribution in [-0.2, 0) is 0 Å². The molecule has 0 spiro atoms. The Balaban J connectivity index is 2.08. The van der Waals surface area contributed by atoms with Gasteiger partial charge in [0.05, 0.1) is 11.8 Å². The first-order valence-electron chi connectivity index (χ1n) is 6.37. The zero-order valence-corrected chi connectivity index (χ0v) is 10.9. The Kier molecular flexibility index (Phi) is 4.27. The van der Waals surface area contributed by atoms with Crippen molar-refractivity contribution in [3.8, 4) is 5.75 Å². The summed E-state index contributed by atoms with van der Waals surface area (Å²) >= 11 is 0. The monoisotopic (exact) mass is 290 g/mol. The molecule has 0 amide bonds. The minimum absolute atomic E-state index is 0.0333. The molecule has 0 bridgehead atoms. The van der Waals surface area contributed by atoms with Crippen molar-refractivity contribution in [2.75, 3.05) is 30.3 Å². The second kappa shape index (κ2) is 5.78. The molecule has 7 heteroatoms. The van der Waals surface area contributed by atoms with Gasteiger partial charge in [0.1, 0.15) is 5.75 Å². The molecule has 0 aromatic heterocycles. The minimum Gasteiger partial charge on any atom is -0.482 e. The van der Waals surface area contributed by atoms with E-state index in [4.69, 9.17) is 10.5 Å². The van der Waals surface area contributed by atoms with Gasteiger partial charge in [-0.2, -0.15) is 13.2 Å². The number of nitrogen functional groups attached to an aromatic ring is 1. The number of halogens is 3. The summed E-state index contributed by atoms with van der Waals surface area (Å²) in [4.78, 5) is 1.99. The normalized spacial score (nSPS) is 17.3. The molecule has 2 rings (SSSR count). The van der Waals surface area contributed by atoms with Gasteiger partial charge in [0, 0.05) is 24.8 Å². The van der Waals surface area contributed by atoms with Crippen LogP contribution in [0.2, 0.25) is 0 Å². The van der Waals surface area contributed by atoms with E-state index >= 15 is 0 Å². The lowest BCUT2D eigenvalue weighted by Crippen LogP contribution is -2.35. The standard InChI is InChI=1S/C13H17F3N2O2/c14-13(15,16)8-20-12-7-9(1-2-11(12)17)18-5-3-10(19)4-6-18/h1-2,7,10,19H,3-6,8,17H2. The highest BCUT2D eigenvalue weighted by atomic mass is 19.4. The first kappa shape index (κ1) is 14.8. The molecule has 0 aliphatic carbocycles. The molecule has 1 saturated heterocycles. The number of aliphatic hydroxyl groups is 1. The maximum absolute atomic E-state index is 12.2.